The lowest BCUT2D eigenvalue weighted by molar-refractivity contribution is 0.1000. The number of anilines is 1. The van der Waals surface area contributed by atoms with Gasteiger partial charge >= 0.3 is 0 Å². The Morgan fingerprint density at radius 1 is 1.45 bits per heavy atom. The highest BCUT2D eigenvalue weighted by Gasteiger charge is 2.14. The Kier molecular flexibility index (Phi) is 3.93. The summed E-state index contributed by atoms with van der Waals surface area (Å²) < 4.78 is 7.50. The molecule has 0 saturated heterocycles. The number of rotatable bonds is 5. The molecule has 6 nitrogen and oxygen atoms in total. The standard InChI is InChI=1S/C14H18N4O2/c1-3-7-18-14(12(15)9(2)17-18)20-11-6-4-5-10(8-11)13(16)19/h4-6,8H,3,7,15H2,1-2H3,(H2,16,19). The number of aromatic nitrogens is 2. The van der Waals surface area contributed by atoms with Gasteiger partial charge in [-0.05, 0) is 31.5 Å². The van der Waals surface area contributed by atoms with Crippen LogP contribution in [0.15, 0.2) is 24.3 Å². The van der Waals surface area contributed by atoms with Crippen LogP contribution >= 0.6 is 0 Å². The van der Waals surface area contributed by atoms with Crippen LogP contribution in [0.2, 0.25) is 0 Å². The van der Waals surface area contributed by atoms with E-state index in [0.29, 0.717) is 29.4 Å². The van der Waals surface area contributed by atoms with Crippen molar-refractivity contribution < 1.29 is 9.53 Å². The van der Waals surface area contributed by atoms with Crippen LogP contribution in [0.25, 0.3) is 0 Å². The molecule has 0 atom stereocenters. The van der Waals surface area contributed by atoms with Gasteiger partial charge in [-0.15, -0.1) is 0 Å². The third-order valence-corrected chi connectivity index (χ3v) is 2.89. The van der Waals surface area contributed by atoms with Crippen LogP contribution in [0, 0.1) is 6.92 Å². The molecule has 4 N–H and O–H groups in total. The summed E-state index contributed by atoms with van der Waals surface area (Å²) in [5.41, 5.74) is 12.8. The van der Waals surface area contributed by atoms with Crippen LogP contribution in [0.4, 0.5) is 5.69 Å². The van der Waals surface area contributed by atoms with Crippen molar-refractivity contribution in [3.63, 3.8) is 0 Å². The van der Waals surface area contributed by atoms with E-state index < -0.39 is 5.91 Å². The average molecular weight is 274 g/mol. The number of nitrogen functional groups attached to an aromatic ring is 1. The second-order valence-electron chi connectivity index (χ2n) is 4.52. The first-order chi connectivity index (χ1) is 9.52. The first kappa shape index (κ1) is 13.9. The summed E-state index contributed by atoms with van der Waals surface area (Å²) in [6, 6.07) is 6.66. The highest BCUT2D eigenvalue weighted by molar-refractivity contribution is 5.93. The Morgan fingerprint density at radius 2 is 2.20 bits per heavy atom. The van der Waals surface area contributed by atoms with Gasteiger partial charge in [0.1, 0.15) is 11.4 Å². The molecule has 0 aliphatic carbocycles. The lowest BCUT2D eigenvalue weighted by Gasteiger charge is -2.09. The molecule has 6 heteroatoms. The summed E-state index contributed by atoms with van der Waals surface area (Å²) in [6.45, 7) is 4.59. The number of carbonyl (C=O) groups is 1. The van der Waals surface area contributed by atoms with Gasteiger partial charge in [0.25, 0.3) is 0 Å². The van der Waals surface area contributed by atoms with Gasteiger partial charge in [-0.2, -0.15) is 5.10 Å². The van der Waals surface area contributed by atoms with Crippen LogP contribution in [0.3, 0.4) is 0 Å². The molecule has 0 fully saturated rings. The van der Waals surface area contributed by atoms with Crippen LogP contribution < -0.4 is 16.2 Å². The molecule has 0 radical (unpaired) electrons. The van der Waals surface area contributed by atoms with E-state index in [4.69, 9.17) is 16.2 Å². The number of hydrogen-bond donors (Lipinski definition) is 2. The Hall–Kier alpha value is -2.50. The van der Waals surface area contributed by atoms with Gasteiger partial charge < -0.3 is 16.2 Å². The SMILES string of the molecule is CCCn1nc(C)c(N)c1Oc1cccc(C(N)=O)c1. The maximum Gasteiger partial charge on any atom is 0.248 e. The van der Waals surface area contributed by atoms with Crippen molar-refractivity contribution >= 4 is 11.6 Å². The van der Waals surface area contributed by atoms with Crippen molar-refractivity contribution in [3.8, 4) is 11.6 Å². The third-order valence-electron chi connectivity index (χ3n) is 2.89. The van der Waals surface area contributed by atoms with Gasteiger partial charge in [0.05, 0.1) is 5.69 Å². The predicted octanol–water partition coefficient (Wildman–Crippen LogP) is 2.07. The summed E-state index contributed by atoms with van der Waals surface area (Å²) in [5.74, 6) is 0.498. The molecule has 2 aromatic rings. The number of benzene rings is 1. The molecule has 0 aliphatic rings. The highest BCUT2D eigenvalue weighted by atomic mass is 16.5. The van der Waals surface area contributed by atoms with Crippen molar-refractivity contribution in [2.75, 3.05) is 5.73 Å². The fourth-order valence-corrected chi connectivity index (χ4v) is 1.87. The molecule has 2 rings (SSSR count). The van der Waals surface area contributed by atoms with Crippen LogP contribution in [-0.4, -0.2) is 15.7 Å². The maximum atomic E-state index is 11.2. The Bertz CT molecular complexity index is 634. The zero-order chi connectivity index (χ0) is 14.7. The Balaban J connectivity index is 2.34. The first-order valence-corrected chi connectivity index (χ1v) is 6.43. The monoisotopic (exact) mass is 274 g/mol. The van der Waals surface area contributed by atoms with E-state index in [2.05, 4.69) is 5.10 Å². The Morgan fingerprint density at radius 3 is 2.85 bits per heavy atom. The molecule has 1 aromatic carbocycles. The highest BCUT2D eigenvalue weighted by Crippen LogP contribution is 2.30. The number of amides is 1. The number of ether oxygens (including phenoxy) is 1. The van der Waals surface area contributed by atoms with Gasteiger partial charge in [-0.25, -0.2) is 4.68 Å². The minimum atomic E-state index is -0.498. The Labute approximate surface area is 117 Å². The number of primary amides is 1. The molecule has 0 bridgehead atoms. The van der Waals surface area contributed by atoms with Crippen molar-refractivity contribution in [2.45, 2.75) is 26.8 Å². The molecule has 1 heterocycles. The number of carbonyl (C=O) groups excluding carboxylic acids is 1. The lowest BCUT2D eigenvalue weighted by atomic mass is 10.2. The van der Waals surface area contributed by atoms with E-state index in [1.54, 1.807) is 28.9 Å². The summed E-state index contributed by atoms with van der Waals surface area (Å²) in [7, 11) is 0. The van der Waals surface area contributed by atoms with E-state index in [1.165, 1.54) is 0 Å². The molecule has 0 unspecified atom stereocenters. The van der Waals surface area contributed by atoms with Crippen molar-refractivity contribution in [1.82, 2.24) is 9.78 Å². The van der Waals surface area contributed by atoms with E-state index in [0.717, 1.165) is 12.1 Å². The summed E-state index contributed by atoms with van der Waals surface area (Å²) in [4.78, 5) is 11.2. The van der Waals surface area contributed by atoms with Gasteiger partial charge in [-0.1, -0.05) is 13.0 Å². The van der Waals surface area contributed by atoms with Gasteiger partial charge in [0.15, 0.2) is 0 Å². The maximum absolute atomic E-state index is 11.2. The number of aryl methyl sites for hydroxylation is 2. The topological polar surface area (TPSA) is 96.2 Å². The molecular formula is C14H18N4O2. The second-order valence-corrected chi connectivity index (χ2v) is 4.52. The normalized spacial score (nSPS) is 10.5. The third kappa shape index (κ3) is 2.74. The average Bonchev–Trinajstić information content (AvgIpc) is 2.67. The van der Waals surface area contributed by atoms with Gasteiger partial charge in [0, 0.05) is 12.1 Å². The molecule has 1 aromatic heterocycles. The summed E-state index contributed by atoms with van der Waals surface area (Å²) in [5, 5.41) is 4.33. The quantitative estimate of drug-likeness (QED) is 0.872. The molecule has 20 heavy (non-hydrogen) atoms. The molecule has 1 amide bonds. The van der Waals surface area contributed by atoms with Crippen molar-refractivity contribution in [3.05, 3.63) is 35.5 Å². The number of nitrogens with zero attached hydrogens (tertiary/aromatic N) is 2. The molecular weight excluding hydrogens is 256 g/mol. The fourth-order valence-electron chi connectivity index (χ4n) is 1.87. The van der Waals surface area contributed by atoms with Crippen LogP contribution in [0.5, 0.6) is 11.6 Å². The molecule has 0 saturated carbocycles. The fraction of sp³-hybridized carbons (Fsp3) is 0.286. The smallest absolute Gasteiger partial charge is 0.248 e. The number of nitrogens with two attached hydrogens (primary N) is 2. The van der Waals surface area contributed by atoms with Crippen molar-refractivity contribution in [1.29, 1.82) is 0 Å². The van der Waals surface area contributed by atoms with Crippen LogP contribution in [0.1, 0.15) is 29.4 Å². The second kappa shape index (κ2) is 5.64. The molecule has 106 valence electrons. The van der Waals surface area contributed by atoms with E-state index in [1.807, 2.05) is 13.8 Å². The molecule has 0 spiro atoms. The van der Waals surface area contributed by atoms with Gasteiger partial charge in [-0.3, -0.25) is 4.79 Å². The number of hydrogen-bond acceptors (Lipinski definition) is 4. The largest absolute Gasteiger partial charge is 0.437 e. The minimum Gasteiger partial charge on any atom is -0.437 e. The van der Waals surface area contributed by atoms with Crippen molar-refractivity contribution in [2.24, 2.45) is 5.73 Å². The van der Waals surface area contributed by atoms with Gasteiger partial charge in [0.2, 0.25) is 11.8 Å². The zero-order valence-corrected chi connectivity index (χ0v) is 11.6. The molecule has 0 aliphatic heterocycles. The lowest BCUT2D eigenvalue weighted by Crippen LogP contribution is -2.10. The summed E-state index contributed by atoms with van der Waals surface area (Å²) >= 11 is 0. The van der Waals surface area contributed by atoms with E-state index >= 15 is 0 Å². The van der Waals surface area contributed by atoms with Crippen LogP contribution in [-0.2, 0) is 6.54 Å². The first-order valence-electron chi connectivity index (χ1n) is 6.43. The minimum absolute atomic E-state index is 0.388. The van der Waals surface area contributed by atoms with E-state index in [-0.39, 0.29) is 0 Å². The summed E-state index contributed by atoms with van der Waals surface area (Å²) in [6.07, 6.45) is 0.915. The van der Waals surface area contributed by atoms with E-state index in [9.17, 15) is 4.79 Å². The zero-order valence-electron chi connectivity index (χ0n) is 11.6. The predicted molar refractivity (Wildman–Crippen MR) is 76.7 cm³/mol.